The van der Waals surface area contributed by atoms with E-state index in [1.54, 1.807) is 6.08 Å². The molecule has 1 aromatic carbocycles. The van der Waals surface area contributed by atoms with Crippen molar-refractivity contribution in [2.24, 2.45) is 0 Å². The summed E-state index contributed by atoms with van der Waals surface area (Å²) in [7, 11) is 0. The third-order valence-electron chi connectivity index (χ3n) is 3.47. The van der Waals surface area contributed by atoms with Crippen LogP contribution in [-0.2, 0) is 4.79 Å². The van der Waals surface area contributed by atoms with Crippen LogP contribution in [-0.4, -0.2) is 19.0 Å². The second kappa shape index (κ2) is 8.50. The van der Waals surface area contributed by atoms with Gasteiger partial charge in [0.2, 0.25) is 5.91 Å². The van der Waals surface area contributed by atoms with Gasteiger partial charge in [0.15, 0.2) is 0 Å². The molecule has 0 radical (unpaired) electrons. The Morgan fingerprint density at radius 3 is 2.24 bits per heavy atom. The van der Waals surface area contributed by atoms with Crippen molar-refractivity contribution in [3.8, 4) is 0 Å². The Kier molecular flexibility index (Phi) is 7.00. The quantitative estimate of drug-likeness (QED) is 0.709. The summed E-state index contributed by atoms with van der Waals surface area (Å²) in [5, 5.41) is 6.26. The van der Waals surface area contributed by atoms with Crippen molar-refractivity contribution in [2.45, 2.75) is 46.0 Å². The van der Waals surface area contributed by atoms with E-state index in [2.05, 4.69) is 63.1 Å². The molecule has 1 amide bonds. The Hall–Kier alpha value is -1.77. The lowest BCUT2D eigenvalue weighted by Gasteiger charge is -2.20. The molecule has 0 aromatic heterocycles. The van der Waals surface area contributed by atoms with Gasteiger partial charge in [0, 0.05) is 25.2 Å². The van der Waals surface area contributed by atoms with Gasteiger partial charge in [-0.3, -0.25) is 4.79 Å². The zero-order chi connectivity index (χ0) is 15.8. The largest absolute Gasteiger partial charge is 0.384 e. The molecule has 0 spiro atoms. The van der Waals surface area contributed by atoms with Crippen LogP contribution in [0.1, 0.15) is 57.1 Å². The Morgan fingerprint density at radius 1 is 1.19 bits per heavy atom. The first kappa shape index (κ1) is 17.3. The summed E-state index contributed by atoms with van der Waals surface area (Å²) >= 11 is 0. The maximum Gasteiger partial charge on any atom is 0.222 e. The van der Waals surface area contributed by atoms with E-state index >= 15 is 0 Å². The predicted molar refractivity (Wildman–Crippen MR) is 90.9 cm³/mol. The maximum absolute atomic E-state index is 11.6. The van der Waals surface area contributed by atoms with E-state index < -0.39 is 0 Å². The summed E-state index contributed by atoms with van der Waals surface area (Å²) in [6.45, 7) is 13.5. The lowest BCUT2D eigenvalue weighted by Crippen LogP contribution is -2.25. The Bertz CT molecular complexity index is 452. The molecule has 21 heavy (non-hydrogen) atoms. The van der Waals surface area contributed by atoms with Gasteiger partial charge in [-0.15, -0.1) is 6.58 Å². The highest BCUT2D eigenvalue weighted by Gasteiger charge is 2.13. The van der Waals surface area contributed by atoms with Gasteiger partial charge in [-0.1, -0.05) is 52.0 Å². The van der Waals surface area contributed by atoms with Crippen LogP contribution in [0.2, 0.25) is 0 Å². The average Bonchev–Trinajstić information content (AvgIpc) is 2.44. The van der Waals surface area contributed by atoms with Gasteiger partial charge in [-0.25, -0.2) is 0 Å². The molecule has 0 aliphatic rings. The fourth-order valence-electron chi connectivity index (χ4n) is 2.33. The van der Waals surface area contributed by atoms with Crippen molar-refractivity contribution in [1.29, 1.82) is 0 Å². The predicted octanol–water partition coefficient (Wildman–Crippen LogP) is 4.04. The van der Waals surface area contributed by atoms with Crippen LogP contribution in [0.15, 0.2) is 30.9 Å². The number of carbonyl (C=O) groups excluding carboxylic acids is 1. The molecule has 1 rings (SSSR count). The standard InChI is InChI=1S/C18H28N2O/c1-6-11-19-17(21)10-12-20-18-15(13(2)3)8-7-9-16(18)14(4)5/h6-9,13-14,20H,1,10-12H2,2-5H3,(H,19,21). The molecule has 3 nitrogen and oxygen atoms in total. The minimum absolute atomic E-state index is 0.0514. The number of nitrogens with one attached hydrogen (secondary N) is 2. The van der Waals surface area contributed by atoms with Crippen molar-refractivity contribution in [2.75, 3.05) is 18.4 Å². The van der Waals surface area contributed by atoms with Crippen molar-refractivity contribution in [1.82, 2.24) is 5.32 Å². The number of benzene rings is 1. The van der Waals surface area contributed by atoms with Crippen LogP contribution in [0.3, 0.4) is 0 Å². The fraction of sp³-hybridized carbons (Fsp3) is 0.500. The molecule has 3 heteroatoms. The van der Waals surface area contributed by atoms with Gasteiger partial charge in [0.1, 0.15) is 0 Å². The molecule has 0 saturated heterocycles. The average molecular weight is 288 g/mol. The number of hydrogen-bond acceptors (Lipinski definition) is 2. The summed E-state index contributed by atoms with van der Waals surface area (Å²) < 4.78 is 0. The van der Waals surface area contributed by atoms with Crippen LogP contribution in [0.4, 0.5) is 5.69 Å². The highest BCUT2D eigenvalue weighted by Crippen LogP contribution is 2.32. The highest BCUT2D eigenvalue weighted by atomic mass is 16.1. The number of para-hydroxylation sites is 1. The van der Waals surface area contributed by atoms with E-state index in [9.17, 15) is 4.79 Å². The Labute approximate surface area is 128 Å². The molecule has 2 N–H and O–H groups in total. The van der Waals surface area contributed by atoms with Crippen molar-refractivity contribution < 1.29 is 4.79 Å². The monoisotopic (exact) mass is 288 g/mol. The maximum atomic E-state index is 11.6. The number of carbonyl (C=O) groups is 1. The van der Waals surface area contributed by atoms with E-state index in [-0.39, 0.29) is 5.91 Å². The third-order valence-corrected chi connectivity index (χ3v) is 3.47. The molecule has 1 aromatic rings. The summed E-state index contributed by atoms with van der Waals surface area (Å²) in [6, 6.07) is 6.44. The van der Waals surface area contributed by atoms with Gasteiger partial charge in [0.25, 0.3) is 0 Å². The molecule has 0 atom stereocenters. The van der Waals surface area contributed by atoms with Gasteiger partial charge < -0.3 is 10.6 Å². The van der Waals surface area contributed by atoms with Crippen LogP contribution in [0.25, 0.3) is 0 Å². The van der Waals surface area contributed by atoms with Crippen LogP contribution in [0, 0.1) is 0 Å². The number of hydrogen-bond donors (Lipinski definition) is 2. The second-order valence-corrected chi connectivity index (χ2v) is 5.89. The van der Waals surface area contributed by atoms with Crippen LogP contribution < -0.4 is 10.6 Å². The topological polar surface area (TPSA) is 41.1 Å². The van der Waals surface area contributed by atoms with E-state index in [0.29, 0.717) is 31.3 Å². The van der Waals surface area contributed by atoms with Gasteiger partial charge >= 0.3 is 0 Å². The van der Waals surface area contributed by atoms with Crippen LogP contribution >= 0.6 is 0 Å². The third kappa shape index (κ3) is 5.25. The smallest absolute Gasteiger partial charge is 0.222 e. The number of rotatable bonds is 8. The van der Waals surface area contributed by atoms with E-state index in [4.69, 9.17) is 0 Å². The molecule has 0 unspecified atom stereocenters. The minimum atomic E-state index is 0.0514. The Morgan fingerprint density at radius 2 is 1.76 bits per heavy atom. The van der Waals surface area contributed by atoms with Crippen molar-refractivity contribution in [3.05, 3.63) is 42.0 Å². The summed E-state index contributed by atoms with van der Waals surface area (Å²) in [4.78, 5) is 11.6. The lowest BCUT2D eigenvalue weighted by molar-refractivity contribution is -0.120. The van der Waals surface area contributed by atoms with Crippen molar-refractivity contribution >= 4 is 11.6 Å². The van der Waals surface area contributed by atoms with E-state index in [1.807, 2.05) is 0 Å². The van der Waals surface area contributed by atoms with Crippen LogP contribution in [0.5, 0.6) is 0 Å². The molecular weight excluding hydrogens is 260 g/mol. The second-order valence-electron chi connectivity index (χ2n) is 5.89. The normalized spacial score (nSPS) is 10.8. The molecule has 0 bridgehead atoms. The highest BCUT2D eigenvalue weighted by molar-refractivity contribution is 5.76. The first-order valence-electron chi connectivity index (χ1n) is 7.71. The Balaban J connectivity index is 2.76. The first-order chi connectivity index (χ1) is 9.97. The van der Waals surface area contributed by atoms with E-state index in [1.165, 1.54) is 16.8 Å². The molecule has 0 heterocycles. The summed E-state index contributed by atoms with van der Waals surface area (Å²) in [6.07, 6.45) is 2.16. The van der Waals surface area contributed by atoms with Gasteiger partial charge in [-0.2, -0.15) is 0 Å². The number of amides is 1. The van der Waals surface area contributed by atoms with E-state index in [0.717, 1.165) is 0 Å². The molecule has 0 aliphatic carbocycles. The summed E-state index contributed by atoms with van der Waals surface area (Å²) in [5.74, 6) is 0.970. The minimum Gasteiger partial charge on any atom is -0.384 e. The molecule has 0 aliphatic heterocycles. The van der Waals surface area contributed by atoms with Crippen molar-refractivity contribution in [3.63, 3.8) is 0 Å². The SMILES string of the molecule is C=CCNC(=O)CCNc1c(C(C)C)cccc1C(C)C. The van der Waals surface area contributed by atoms with Gasteiger partial charge in [0.05, 0.1) is 0 Å². The molecule has 0 fully saturated rings. The molecule has 116 valence electrons. The zero-order valence-corrected chi connectivity index (χ0v) is 13.7. The molecule has 0 saturated carbocycles. The molecular formula is C18H28N2O. The summed E-state index contributed by atoms with van der Waals surface area (Å²) in [5.41, 5.74) is 3.82. The lowest BCUT2D eigenvalue weighted by atomic mass is 9.92. The van der Waals surface area contributed by atoms with Gasteiger partial charge in [-0.05, 0) is 23.0 Å². The zero-order valence-electron chi connectivity index (χ0n) is 13.7. The first-order valence-corrected chi connectivity index (χ1v) is 7.71. The fourth-order valence-corrected chi connectivity index (χ4v) is 2.33. The number of anilines is 1.